The SMILES string of the molecule is CCNc1cc(C)nc(Cn2c(C)cccc2=O)n1. The van der Waals surface area contributed by atoms with Crippen LogP contribution in [0.15, 0.2) is 29.1 Å². The van der Waals surface area contributed by atoms with Crippen LogP contribution in [-0.4, -0.2) is 21.1 Å². The molecule has 2 heterocycles. The predicted molar refractivity (Wildman–Crippen MR) is 75.5 cm³/mol. The maximum absolute atomic E-state index is 11.8. The van der Waals surface area contributed by atoms with E-state index in [1.54, 1.807) is 16.7 Å². The zero-order valence-electron chi connectivity index (χ0n) is 11.5. The second kappa shape index (κ2) is 5.65. The Hall–Kier alpha value is -2.17. The van der Waals surface area contributed by atoms with Crippen molar-refractivity contribution >= 4 is 5.82 Å². The van der Waals surface area contributed by atoms with Gasteiger partial charge in [-0.3, -0.25) is 4.79 Å². The molecule has 0 aliphatic rings. The molecule has 0 fully saturated rings. The minimum Gasteiger partial charge on any atom is -0.370 e. The van der Waals surface area contributed by atoms with Gasteiger partial charge in [-0.2, -0.15) is 0 Å². The van der Waals surface area contributed by atoms with E-state index in [0.717, 1.165) is 23.8 Å². The van der Waals surface area contributed by atoms with Crippen LogP contribution in [0.5, 0.6) is 0 Å². The molecule has 0 unspecified atom stereocenters. The fourth-order valence-electron chi connectivity index (χ4n) is 1.94. The van der Waals surface area contributed by atoms with Gasteiger partial charge in [0.15, 0.2) is 5.82 Å². The summed E-state index contributed by atoms with van der Waals surface area (Å²) in [5.74, 6) is 1.44. The Morgan fingerprint density at radius 1 is 1.26 bits per heavy atom. The zero-order valence-corrected chi connectivity index (χ0v) is 11.5. The minimum absolute atomic E-state index is 0.0323. The molecular weight excluding hydrogens is 240 g/mol. The van der Waals surface area contributed by atoms with Crippen LogP contribution >= 0.6 is 0 Å². The fraction of sp³-hybridized carbons (Fsp3) is 0.357. The van der Waals surface area contributed by atoms with Crippen molar-refractivity contribution in [2.75, 3.05) is 11.9 Å². The van der Waals surface area contributed by atoms with Crippen molar-refractivity contribution in [2.24, 2.45) is 0 Å². The third kappa shape index (κ3) is 3.19. The summed E-state index contributed by atoms with van der Waals surface area (Å²) in [5, 5.41) is 3.17. The molecule has 0 saturated carbocycles. The molecule has 0 atom stereocenters. The molecule has 0 aromatic carbocycles. The van der Waals surface area contributed by atoms with Crippen molar-refractivity contribution in [3.63, 3.8) is 0 Å². The average Bonchev–Trinajstić information content (AvgIpc) is 2.34. The normalized spacial score (nSPS) is 10.5. The van der Waals surface area contributed by atoms with E-state index in [-0.39, 0.29) is 5.56 Å². The van der Waals surface area contributed by atoms with Crippen molar-refractivity contribution in [3.05, 3.63) is 51.8 Å². The van der Waals surface area contributed by atoms with Crippen LogP contribution in [-0.2, 0) is 6.54 Å². The number of aryl methyl sites for hydroxylation is 2. The quantitative estimate of drug-likeness (QED) is 0.907. The zero-order chi connectivity index (χ0) is 13.8. The van der Waals surface area contributed by atoms with Crippen LogP contribution in [0.4, 0.5) is 5.82 Å². The van der Waals surface area contributed by atoms with Gasteiger partial charge in [-0.25, -0.2) is 9.97 Å². The van der Waals surface area contributed by atoms with Crippen LogP contribution in [0.3, 0.4) is 0 Å². The Balaban J connectivity index is 2.35. The van der Waals surface area contributed by atoms with Crippen LogP contribution in [0.1, 0.15) is 24.1 Å². The van der Waals surface area contributed by atoms with Gasteiger partial charge in [-0.15, -0.1) is 0 Å². The molecule has 0 aliphatic carbocycles. The molecule has 0 amide bonds. The van der Waals surface area contributed by atoms with Gasteiger partial charge in [0.25, 0.3) is 5.56 Å². The van der Waals surface area contributed by atoms with E-state index in [0.29, 0.717) is 12.4 Å². The van der Waals surface area contributed by atoms with Gasteiger partial charge in [-0.1, -0.05) is 6.07 Å². The Labute approximate surface area is 112 Å². The molecule has 0 saturated heterocycles. The van der Waals surface area contributed by atoms with Gasteiger partial charge < -0.3 is 9.88 Å². The van der Waals surface area contributed by atoms with E-state index in [4.69, 9.17) is 0 Å². The third-order valence-corrected chi connectivity index (χ3v) is 2.83. The summed E-state index contributed by atoms with van der Waals surface area (Å²) in [6.45, 7) is 7.05. The average molecular weight is 258 g/mol. The predicted octanol–water partition coefficient (Wildman–Crippen LogP) is 1.74. The highest BCUT2D eigenvalue weighted by atomic mass is 16.1. The lowest BCUT2D eigenvalue weighted by atomic mass is 10.3. The number of pyridine rings is 1. The van der Waals surface area contributed by atoms with E-state index >= 15 is 0 Å². The van der Waals surface area contributed by atoms with Crippen LogP contribution in [0.25, 0.3) is 0 Å². The summed E-state index contributed by atoms with van der Waals surface area (Å²) in [5.41, 5.74) is 1.76. The monoisotopic (exact) mass is 258 g/mol. The molecule has 100 valence electrons. The molecule has 2 aromatic rings. The first-order valence-electron chi connectivity index (χ1n) is 6.35. The van der Waals surface area contributed by atoms with Gasteiger partial charge in [0, 0.05) is 30.1 Å². The van der Waals surface area contributed by atoms with Crippen molar-refractivity contribution in [1.29, 1.82) is 0 Å². The van der Waals surface area contributed by atoms with Gasteiger partial charge in [0.2, 0.25) is 0 Å². The molecule has 0 bridgehead atoms. The first kappa shape index (κ1) is 13.3. The van der Waals surface area contributed by atoms with Crippen molar-refractivity contribution in [3.8, 4) is 0 Å². The number of nitrogens with zero attached hydrogens (tertiary/aromatic N) is 3. The van der Waals surface area contributed by atoms with E-state index in [2.05, 4.69) is 15.3 Å². The standard InChI is InChI=1S/C14H18N4O/c1-4-15-12-8-10(2)16-13(17-12)9-18-11(3)6-5-7-14(18)19/h5-8H,4,9H2,1-3H3,(H,15,16,17). The van der Waals surface area contributed by atoms with Crippen molar-refractivity contribution < 1.29 is 0 Å². The highest BCUT2D eigenvalue weighted by molar-refractivity contribution is 5.35. The molecule has 0 radical (unpaired) electrons. The summed E-state index contributed by atoms with van der Waals surface area (Å²) >= 11 is 0. The second-order valence-corrected chi connectivity index (χ2v) is 4.43. The lowest BCUT2D eigenvalue weighted by Crippen LogP contribution is -2.22. The summed E-state index contributed by atoms with van der Waals surface area (Å²) in [7, 11) is 0. The van der Waals surface area contributed by atoms with Gasteiger partial charge in [0.05, 0.1) is 6.54 Å². The van der Waals surface area contributed by atoms with Crippen molar-refractivity contribution in [2.45, 2.75) is 27.3 Å². The number of rotatable bonds is 4. The minimum atomic E-state index is -0.0323. The highest BCUT2D eigenvalue weighted by Gasteiger charge is 2.05. The van der Waals surface area contributed by atoms with E-state index < -0.39 is 0 Å². The molecular formula is C14H18N4O. The Bertz CT molecular complexity index is 634. The molecule has 5 nitrogen and oxygen atoms in total. The number of anilines is 1. The van der Waals surface area contributed by atoms with E-state index in [1.165, 1.54) is 0 Å². The molecule has 5 heteroatoms. The highest BCUT2D eigenvalue weighted by Crippen LogP contribution is 2.07. The maximum atomic E-state index is 11.8. The van der Waals surface area contributed by atoms with Crippen molar-refractivity contribution in [1.82, 2.24) is 14.5 Å². The summed E-state index contributed by atoms with van der Waals surface area (Å²) < 4.78 is 1.67. The Morgan fingerprint density at radius 2 is 2.05 bits per heavy atom. The topological polar surface area (TPSA) is 59.8 Å². The summed E-state index contributed by atoms with van der Waals surface area (Å²) in [6.07, 6.45) is 0. The number of aromatic nitrogens is 3. The maximum Gasteiger partial charge on any atom is 0.251 e. The van der Waals surface area contributed by atoms with Gasteiger partial charge >= 0.3 is 0 Å². The van der Waals surface area contributed by atoms with Gasteiger partial charge in [-0.05, 0) is 26.8 Å². The summed E-state index contributed by atoms with van der Waals surface area (Å²) in [6, 6.07) is 7.11. The first-order chi connectivity index (χ1) is 9.10. The number of nitrogens with one attached hydrogen (secondary N) is 1. The third-order valence-electron chi connectivity index (χ3n) is 2.83. The molecule has 2 aromatic heterocycles. The lowest BCUT2D eigenvalue weighted by molar-refractivity contribution is 0.689. The number of hydrogen-bond donors (Lipinski definition) is 1. The molecule has 2 rings (SSSR count). The van der Waals surface area contributed by atoms with Gasteiger partial charge in [0.1, 0.15) is 5.82 Å². The smallest absolute Gasteiger partial charge is 0.251 e. The lowest BCUT2D eigenvalue weighted by Gasteiger charge is -2.10. The Kier molecular flexibility index (Phi) is 3.94. The fourth-order valence-corrected chi connectivity index (χ4v) is 1.94. The van der Waals surface area contributed by atoms with Crippen LogP contribution < -0.4 is 10.9 Å². The van der Waals surface area contributed by atoms with E-state index in [9.17, 15) is 4.79 Å². The van der Waals surface area contributed by atoms with E-state index in [1.807, 2.05) is 32.9 Å². The molecule has 0 aliphatic heterocycles. The molecule has 0 spiro atoms. The second-order valence-electron chi connectivity index (χ2n) is 4.43. The molecule has 1 N–H and O–H groups in total. The van der Waals surface area contributed by atoms with Crippen LogP contribution in [0.2, 0.25) is 0 Å². The van der Waals surface area contributed by atoms with Crippen LogP contribution in [0, 0.1) is 13.8 Å². The summed E-state index contributed by atoms with van der Waals surface area (Å²) in [4.78, 5) is 20.6. The Morgan fingerprint density at radius 3 is 2.74 bits per heavy atom. The first-order valence-corrected chi connectivity index (χ1v) is 6.35. The largest absolute Gasteiger partial charge is 0.370 e. The molecule has 19 heavy (non-hydrogen) atoms. The number of hydrogen-bond acceptors (Lipinski definition) is 4.